The summed E-state index contributed by atoms with van der Waals surface area (Å²) in [5.41, 5.74) is 3.08. The van der Waals surface area contributed by atoms with Crippen molar-refractivity contribution in [3.8, 4) is 0 Å². The van der Waals surface area contributed by atoms with Gasteiger partial charge in [-0.1, -0.05) is 31.2 Å². The summed E-state index contributed by atoms with van der Waals surface area (Å²) in [4.78, 5) is 14.0. The smallest absolute Gasteiger partial charge is 0.253 e. The largest absolute Gasteiger partial charge is 0.390 e. The zero-order valence-electron chi connectivity index (χ0n) is 19.9. The van der Waals surface area contributed by atoms with E-state index in [2.05, 4.69) is 29.7 Å². The van der Waals surface area contributed by atoms with E-state index in [9.17, 15) is 18.7 Å². The fraction of sp³-hybridized carbons (Fsp3) is 0.346. The number of aliphatic hydroxyl groups excluding tert-OH is 1. The number of hydrogen-bond donors (Lipinski definition) is 3. The quantitative estimate of drug-likeness (QED) is 0.292. The first-order chi connectivity index (χ1) is 16.8. The van der Waals surface area contributed by atoms with E-state index in [-0.39, 0.29) is 18.9 Å². The van der Waals surface area contributed by atoms with Crippen LogP contribution in [-0.4, -0.2) is 36.8 Å². The minimum Gasteiger partial charge on any atom is -0.390 e. The maximum absolute atomic E-state index is 13.8. The predicted molar refractivity (Wildman–Crippen MR) is 137 cm³/mol. The number of carbonyl (C=O) groups is 1. The lowest BCUT2D eigenvalue weighted by molar-refractivity contribution is 0.0827. The SMILES string of the molecule is CCc1cccc(CNC[C@@H](O)[C@H](Cc2cc(F)cc(F)c2)NC(=O)c2cc(C)sc2SOC)c1. The molecule has 1 aromatic heterocycles. The minimum absolute atomic E-state index is 0.0600. The normalized spacial score (nSPS) is 13.0. The van der Waals surface area contributed by atoms with Gasteiger partial charge in [-0.3, -0.25) is 4.79 Å². The van der Waals surface area contributed by atoms with Gasteiger partial charge < -0.3 is 19.9 Å². The summed E-state index contributed by atoms with van der Waals surface area (Å²) in [5.74, 6) is -1.80. The van der Waals surface area contributed by atoms with E-state index in [1.807, 2.05) is 19.1 Å². The number of amides is 1. The molecule has 2 aromatic carbocycles. The monoisotopic (exact) mass is 520 g/mol. The van der Waals surface area contributed by atoms with Crippen molar-refractivity contribution in [2.75, 3.05) is 13.7 Å². The van der Waals surface area contributed by atoms with Crippen LogP contribution >= 0.6 is 23.4 Å². The Kier molecular flexibility index (Phi) is 10.2. The standard InChI is InChI=1S/C26H30F2N2O3S2/c1-4-17-6-5-7-18(9-17)14-29-15-24(31)23(12-19-10-20(27)13-21(28)11-19)30-25(32)22-8-16(2)34-26(22)35-33-3/h5-11,13,23-24,29,31H,4,12,14-15H2,1-3H3,(H,30,32)/t23-,24+/m0/s1. The zero-order valence-corrected chi connectivity index (χ0v) is 21.6. The van der Waals surface area contributed by atoms with Crippen molar-refractivity contribution in [3.63, 3.8) is 0 Å². The van der Waals surface area contributed by atoms with Gasteiger partial charge in [-0.05, 0) is 54.7 Å². The van der Waals surface area contributed by atoms with Crippen LogP contribution in [0.3, 0.4) is 0 Å². The average molecular weight is 521 g/mol. The number of aliphatic hydroxyl groups is 1. The third-order valence-electron chi connectivity index (χ3n) is 5.47. The second-order valence-corrected chi connectivity index (χ2v) is 10.7. The van der Waals surface area contributed by atoms with Gasteiger partial charge in [-0.2, -0.15) is 0 Å². The van der Waals surface area contributed by atoms with Gasteiger partial charge in [0.25, 0.3) is 5.91 Å². The Morgan fingerprint density at radius 1 is 1.11 bits per heavy atom. The van der Waals surface area contributed by atoms with Crippen molar-refractivity contribution in [1.29, 1.82) is 0 Å². The molecule has 0 unspecified atom stereocenters. The molecule has 0 aliphatic carbocycles. The highest BCUT2D eigenvalue weighted by Crippen LogP contribution is 2.32. The summed E-state index contributed by atoms with van der Waals surface area (Å²) in [7, 11) is 1.52. The summed E-state index contributed by atoms with van der Waals surface area (Å²) in [5, 5.41) is 17.1. The molecule has 188 valence electrons. The summed E-state index contributed by atoms with van der Waals surface area (Å²) in [6, 6.07) is 12.3. The number of carbonyl (C=O) groups excluding carboxylic acids is 1. The maximum Gasteiger partial charge on any atom is 0.253 e. The molecule has 3 aromatic rings. The van der Waals surface area contributed by atoms with Crippen LogP contribution in [0.25, 0.3) is 0 Å². The first-order valence-electron chi connectivity index (χ1n) is 11.3. The Hall–Kier alpha value is -2.30. The van der Waals surface area contributed by atoms with E-state index in [4.69, 9.17) is 4.18 Å². The lowest BCUT2D eigenvalue weighted by Crippen LogP contribution is -2.48. The lowest BCUT2D eigenvalue weighted by Gasteiger charge is -2.25. The van der Waals surface area contributed by atoms with E-state index < -0.39 is 23.8 Å². The Morgan fingerprint density at radius 2 is 1.83 bits per heavy atom. The maximum atomic E-state index is 13.8. The number of hydrogen-bond acceptors (Lipinski definition) is 6. The van der Waals surface area contributed by atoms with Crippen molar-refractivity contribution in [1.82, 2.24) is 10.6 Å². The topological polar surface area (TPSA) is 70.6 Å². The molecule has 2 atom stereocenters. The minimum atomic E-state index is -1.00. The predicted octanol–water partition coefficient (Wildman–Crippen LogP) is 5.04. The number of rotatable bonds is 12. The number of benzene rings is 2. The van der Waals surface area contributed by atoms with Crippen molar-refractivity contribution < 1.29 is 22.9 Å². The summed E-state index contributed by atoms with van der Waals surface area (Å²) < 4.78 is 33.4. The van der Waals surface area contributed by atoms with Crippen molar-refractivity contribution in [3.05, 3.63) is 87.3 Å². The van der Waals surface area contributed by atoms with Gasteiger partial charge in [-0.15, -0.1) is 11.3 Å². The molecule has 1 heterocycles. The van der Waals surface area contributed by atoms with E-state index in [0.29, 0.717) is 21.9 Å². The number of halogens is 2. The second-order valence-electron chi connectivity index (χ2n) is 8.24. The molecule has 0 aliphatic rings. The number of thiophene rings is 1. The summed E-state index contributed by atoms with van der Waals surface area (Å²) >= 11 is 2.52. The van der Waals surface area contributed by atoms with E-state index in [1.165, 1.54) is 36.1 Å². The highest BCUT2D eigenvalue weighted by molar-refractivity contribution is 7.96. The van der Waals surface area contributed by atoms with Crippen molar-refractivity contribution in [2.45, 2.75) is 49.6 Å². The number of nitrogens with one attached hydrogen (secondary N) is 2. The highest BCUT2D eigenvalue weighted by Gasteiger charge is 2.25. The molecule has 0 spiro atoms. The molecular formula is C26H30F2N2O3S2. The van der Waals surface area contributed by atoms with Gasteiger partial charge in [-0.25, -0.2) is 8.78 Å². The molecule has 0 bridgehead atoms. The Morgan fingerprint density at radius 3 is 2.51 bits per heavy atom. The van der Waals surface area contributed by atoms with Crippen LogP contribution in [0.2, 0.25) is 0 Å². The van der Waals surface area contributed by atoms with Gasteiger partial charge in [0.05, 0.1) is 24.8 Å². The van der Waals surface area contributed by atoms with Crippen LogP contribution in [0.15, 0.2) is 52.7 Å². The molecule has 3 rings (SSSR count). The Labute approximate surface area is 213 Å². The van der Waals surface area contributed by atoms with Crippen LogP contribution in [0, 0.1) is 18.6 Å². The van der Waals surface area contributed by atoms with Crippen LogP contribution in [0.1, 0.15) is 38.8 Å². The zero-order chi connectivity index (χ0) is 25.4. The molecule has 35 heavy (non-hydrogen) atoms. The molecule has 9 heteroatoms. The van der Waals surface area contributed by atoms with Gasteiger partial charge in [0.15, 0.2) is 0 Å². The molecule has 0 aliphatic heterocycles. The molecule has 5 nitrogen and oxygen atoms in total. The highest BCUT2D eigenvalue weighted by atomic mass is 32.2. The van der Waals surface area contributed by atoms with Crippen LogP contribution in [-0.2, 0) is 23.6 Å². The van der Waals surface area contributed by atoms with E-state index in [0.717, 1.165) is 35.0 Å². The Bertz CT molecular complexity index is 1120. The number of aryl methyl sites for hydroxylation is 2. The van der Waals surface area contributed by atoms with Crippen molar-refractivity contribution in [2.24, 2.45) is 0 Å². The van der Waals surface area contributed by atoms with Crippen LogP contribution < -0.4 is 10.6 Å². The molecule has 0 saturated heterocycles. The lowest BCUT2D eigenvalue weighted by atomic mass is 10.00. The van der Waals surface area contributed by atoms with Crippen LogP contribution in [0.5, 0.6) is 0 Å². The first kappa shape index (κ1) is 27.3. The second kappa shape index (κ2) is 13.1. The van der Waals surface area contributed by atoms with E-state index in [1.54, 1.807) is 6.07 Å². The fourth-order valence-corrected chi connectivity index (χ4v) is 5.63. The summed E-state index contributed by atoms with van der Waals surface area (Å²) in [6.45, 7) is 4.70. The van der Waals surface area contributed by atoms with Crippen LogP contribution in [0.4, 0.5) is 8.78 Å². The van der Waals surface area contributed by atoms with Gasteiger partial charge in [0.1, 0.15) is 15.8 Å². The van der Waals surface area contributed by atoms with E-state index >= 15 is 0 Å². The van der Waals surface area contributed by atoms with Gasteiger partial charge in [0, 0.05) is 36.1 Å². The fourth-order valence-electron chi connectivity index (χ4n) is 3.77. The van der Waals surface area contributed by atoms with Gasteiger partial charge >= 0.3 is 0 Å². The molecule has 0 saturated carbocycles. The molecule has 0 radical (unpaired) electrons. The molecule has 1 amide bonds. The molecule has 0 fully saturated rings. The Balaban J connectivity index is 1.74. The third-order valence-corrected chi connectivity index (χ3v) is 7.30. The summed E-state index contributed by atoms with van der Waals surface area (Å²) in [6.07, 6.45) is -0.0112. The molecule has 3 N–H and O–H groups in total. The third kappa shape index (κ3) is 8.12. The van der Waals surface area contributed by atoms with Gasteiger partial charge in [0.2, 0.25) is 0 Å². The average Bonchev–Trinajstić information content (AvgIpc) is 3.18. The van der Waals surface area contributed by atoms with Crippen molar-refractivity contribution >= 4 is 29.3 Å². The molecular weight excluding hydrogens is 490 g/mol. The first-order valence-corrected chi connectivity index (χ1v) is 12.9.